The van der Waals surface area contributed by atoms with Crippen molar-refractivity contribution < 1.29 is 18.9 Å². The maximum atomic E-state index is 11.1. The third kappa shape index (κ3) is 2.70. The van der Waals surface area contributed by atoms with Crippen LogP contribution in [0.4, 0.5) is 0 Å². The second-order valence-electron chi connectivity index (χ2n) is 3.77. The van der Waals surface area contributed by atoms with Crippen molar-refractivity contribution in [3.63, 3.8) is 0 Å². The normalized spacial score (nSPS) is 16.5. The summed E-state index contributed by atoms with van der Waals surface area (Å²) in [4.78, 5) is 35.0. The minimum Gasteiger partial charge on any atom is -0.359 e. The molecular formula is C9H11N5O4. The highest BCUT2D eigenvalue weighted by Crippen LogP contribution is 2.08. The number of nitrogens with one attached hydrogen (secondary N) is 2. The number of nitrogens with zero attached hydrogens (tertiary/aromatic N) is 2. The van der Waals surface area contributed by atoms with Crippen LogP contribution < -0.4 is 16.6 Å². The third-order valence-electron chi connectivity index (χ3n) is 2.32. The maximum absolute atomic E-state index is 11.1. The molecule has 0 saturated carbocycles. The molecule has 4 N–H and O–H groups in total. The Labute approximate surface area is 101 Å². The summed E-state index contributed by atoms with van der Waals surface area (Å²) in [6.45, 7) is 0.389. The SMILES string of the molecule is NNC(=O)c1cc(CN2CC(=O)NC(=O)C2)on1. The average molecular weight is 253 g/mol. The molecule has 0 aromatic carbocycles. The van der Waals surface area contributed by atoms with E-state index in [9.17, 15) is 14.4 Å². The first kappa shape index (κ1) is 12.2. The fourth-order valence-electron chi connectivity index (χ4n) is 1.60. The lowest BCUT2D eigenvalue weighted by molar-refractivity contribution is -0.136. The van der Waals surface area contributed by atoms with Crippen molar-refractivity contribution in [1.82, 2.24) is 20.8 Å². The lowest BCUT2D eigenvalue weighted by atomic mass is 10.3. The quantitative estimate of drug-likeness (QED) is 0.240. The van der Waals surface area contributed by atoms with Gasteiger partial charge in [0, 0.05) is 6.07 Å². The van der Waals surface area contributed by atoms with Crippen LogP contribution in [0.2, 0.25) is 0 Å². The third-order valence-corrected chi connectivity index (χ3v) is 2.32. The molecule has 0 bridgehead atoms. The molecule has 2 rings (SSSR count). The van der Waals surface area contributed by atoms with E-state index in [2.05, 4.69) is 10.5 Å². The molecule has 0 spiro atoms. The fraction of sp³-hybridized carbons (Fsp3) is 0.333. The molecular weight excluding hydrogens is 242 g/mol. The summed E-state index contributed by atoms with van der Waals surface area (Å²) in [6, 6.07) is 1.40. The number of hydrazine groups is 1. The Morgan fingerprint density at radius 1 is 1.50 bits per heavy atom. The van der Waals surface area contributed by atoms with Gasteiger partial charge < -0.3 is 4.52 Å². The van der Waals surface area contributed by atoms with Crippen LogP contribution in [-0.2, 0) is 16.1 Å². The molecule has 9 heteroatoms. The van der Waals surface area contributed by atoms with Gasteiger partial charge in [-0.05, 0) is 0 Å². The number of imide groups is 1. The standard InChI is InChI=1S/C9H11N5O4/c10-12-9(17)6-1-5(18-13-6)2-14-3-7(15)11-8(16)4-14/h1H,2-4,10H2,(H,12,17)(H,11,15,16). The molecule has 3 amide bonds. The number of carbonyl (C=O) groups is 3. The number of hydrogen-bond acceptors (Lipinski definition) is 7. The fourth-order valence-corrected chi connectivity index (χ4v) is 1.60. The first-order valence-electron chi connectivity index (χ1n) is 5.10. The van der Waals surface area contributed by atoms with E-state index in [1.807, 2.05) is 5.43 Å². The van der Waals surface area contributed by atoms with Gasteiger partial charge in [-0.3, -0.25) is 30.0 Å². The minimum atomic E-state index is -0.572. The number of piperazine rings is 1. The number of rotatable bonds is 3. The van der Waals surface area contributed by atoms with Crippen molar-refractivity contribution in [3.05, 3.63) is 17.5 Å². The van der Waals surface area contributed by atoms with Crippen molar-refractivity contribution in [3.8, 4) is 0 Å². The van der Waals surface area contributed by atoms with Gasteiger partial charge in [-0.15, -0.1) is 0 Å². The zero-order valence-corrected chi connectivity index (χ0v) is 9.30. The zero-order chi connectivity index (χ0) is 13.1. The van der Waals surface area contributed by atoms with Crippen molar-refractivity contribution in [2.24, 2.45) is 5.84 Å². The number of nitrogens with two attached hydrogens (primary N) is 1. The molecule has 1 aliphatic rings. The summed E-state index contributed by atoms with van der Waals surface area (Å²) in [7, 11) is 0. The predicted molar refractivity (Wildman–Crippen MR) is 56.6 cm³/mol. The zero-order valence-electron chi connectivity index (χ0n) is 9.30. The smallest absolute Gasteiger partial charge is 0.287 e. The number of nitrogen functional groups attached to an aromatic ring is 1. The molecule has 0 atom stereocenters. The van der Waals surface area contributed by atoms with Gasteiger partial charge in [-0.2, -0.15) is 0 Å². The molecule has 96 valence electrons. The van der Waals surface area contributed by atoms with Gasteiger partial charge in [0.1, 0.15) is 0 Å². The van der Waals surface area contributed by atoms with Gasteiger partial charge in [-0.25, -0.2) is 5.84 Å². The van der Waals surface area contributed by atoms with Gasteiger partial charge in [0.05, 0.1) is 19.6 Å². The average Bonchev–Trinajstić information content (AvgIpc) is 2.75. The van der Waals surface area contributed by atoms with Crippen molar-refractivity contribution in [1.29, 1.82) is 0 Å². The second-order valence-corrected chi connectivity index (χ2v) is 3.77. The summed E-state index contributed by atoms with van der Waals surface area (Å²) < 4.78 is 4.91. The summed E-state index contributed by atoms with van der Waals surface area (Å²) in [5.74, 6) is 4.00. The Kier molecular flexibility index (Phi) is 3.35. The molecule has 0 aliphatic carbocycles. The minimum absolute atomic E-state index is 0.0419. The van der Waals surface area contributed by atoms with Crippen molar-refractivity contribution in [2.45, 2.75) is 6.54 Å². The van der Waals surface area contributed by atoms with E-state index in [0.29, 0.717) is 5.76 Å². The monoisotopic (exact) mass is 253 g/mol. The Hall–Kier alpha value is -2.26. The van der Waals surface area contributed by atoms with Crippen LogP contribution in [0, 0.1) is 0 Å². The molecule has 1 aromatic rings. The lowest BCUT2D eigenvalue weighted by Gasteiger charge is -2.23. The van der Waals surface area contributed by atoms with E-state index in [1.54, 1.807) is 4.90 Å². The number of aromatic nitrogens is 1. The second kappa shape index (κ2) is 4.94. The van der Waals surface area contributed by atoms with Gasteiger partial charge >= 0.3 is 0 Å². The molecule has 1 aromatic heterocycles. The molecule has 0 radical (unpaired) electrons. The van der Waals surface area contributed by atoms with Crippen LogP contribution in [-0.4, -0.2) is 40.9 Å². The molecule has 9 nitrogen and oxygen atoms in total. The Balaban J connectivity index is 2.01. The van der Waals surface area contributed by atoms with Gasteiger partial charge in [0.25, 0.3) is 5.91 Å². The molecule has 1 aliphatic heterocycles. The van der Waals surface area contributed by atoms with Gasteiger partial charge in [-0.1, -0.05) is 5.16 Å². The lowest BCUT2D eigenvalue weighted by Crippen LogP contribution is -2.50. The van der Waals surface area contributed by atoms with E-state index >= 15 is 0 Å². The summed E-state index contributed by atoms with van der Waals surface area (Å²) in [5, 5.41) is 5.69. The van der Waals surface area contributed by atoms with Crippen LogP contribution in [0.25, 0.3) is 0 Å². The maximum Gasteiger partial charge on any atom is 0.287 e. The predicted octanol–water partition coefficient (Wildman–Crippen LogP) is -2.26. The van der Waals surface area contributed by atoms with E-state index in [4.69, 9.17) is 10.4 Å². The highest BCUT2D eigenvalue weighted by atomic mass is 16.5. The molecule has 18 heavy (non-hydrogen) atoms. The summed E-state index contributed by atoms with van der Waals surface area (Å²) in [6.07, 6.45) is 0. The van der Waals surface area contributed by atoms with Gasteiger partial charge in [0.15, 0.2) is 11.5 Å². The molecule has 0 unspecified atom stereocenters. The van der Waals surface area contributed by atoms with E-state index in [1.165, 1.54) is 6.07 Å². The van der Waals surface area contributed by atoms with E-state index < -0.39 is 5.91 Å². The van der Waals surface area contributed by atoms with Crippen molar-refractivity contribution >= 4 is 17.7 Å². The van der Waals surface area contributed by atoms with Crippen LogP contribution in [0.3, 0.4) is 0 Å². The van der Waals surface area contributed by atoms with E-state index in [0.717, 1.165) is 0 Å². The van der Waals surface area contributed by atoms with E-state index in [-0.39, 0.29) is 37.1 Å². The number of carbonyl (C=O) groups excluding carboxylic acids is 3. The largest absolute Gasteiger partial charge is 0.359 e. The Bertz CT molecular complexity index is 481. The van der Waals surface area contributed by atoms with Crippen LogP contribution in [0.5, 0.6) is 0 Å². The van der Waals surface area contributed by atoms with Crippen LogP contribution in [0.15, 0.2) is 10.6 Å². The highest BCUT2D eigenvalue weighted by Gasteiger charge is 2.23. The summed E-state index contributed by atoms with van der Waals surface area (Å²) >= 11 is 0. The Morgan fingerprint density at radius 3 is 2.78 bits per heavy atom. The topological polar surface area (TPSA) is 131 Å². The highest BCUT2D eigenvalue weighted by molar-refractivity contribution is 5.99. The van der Waals surface area contributed by atoms with Gasteiger partial charge in [0.2, 0.25) is 11.8 Å². The van der Waals surface area contributed by atoms with Crippen LogP contribution in [0.1, 0.15) is 16.2 Å². The Morgan fingerprint density at radius 2 is 2.17 bits per heavy atom. The first-order chi connectivity index (χ1) is 8.58. The van der Waals surface area contributed by atoms with Crippen LogP contribution >= 0.6 is 0 Å². The molecule has 1 saturated heterocycles. The number of amides is 3. The summed E-state index contributed by atoms with van der Waals surface area (Å²) in [5.41, 5.74) is 1.96. The molecule has 2 heterocycles. The first-order valence-corrected chi connectivity index (χ1v) is 5.10. The molecule has 1 fully saturated rings. The van der Waals surface area contributed by atoms with Crippen molar-refractivity contribution in [2.75, 3.05) is 13.1 Å². The number of hydrogen-bond donors (Lipinski definition) is 3.